The van der Waals surface area contributed by atoms with Gasteiger partial charge < -0.3 is 5.32 Å². The second kappa shape index (κ2) is 7.64. The molecule has 0 fully saturated rings. The molecule has 0 amide bonds. The number of benzene rings is 2. The number of nitrogens with zero attached hydrogens (tertiary/aromatic N) is 3. The third-order valence-electron chi connectivity index (χ3n) is 4.67. The van der Waals surface area contributed by atoms with Gasteiger partial charge in [0.25, 0.3) is 5.95 Å². The van der Waals surface area contributed by atoms with Crippen LogP contribution in [0.3, 0.4) is 0 Å². The van der Waals surface area contributed by atoms with E-state index in [0.717, 1.165) is 26.9 Å². The van der Waals surface area contributed by atoms with Crippen LogP contribution < -0.4 is 10.0 Å². The number of rotatable bonds is 5. The maximum Gasteiger partial charge on any atom is 0.257 e. The van der Waals surface area contributed by atoms with Gasteiger partial charge in [0.2, 0.25) is 16.0 Å². The van der Waals surface area contributed by atoms with Gasteiger partial charge in [0.05, 0.1) is 5.75 Å². The van der Waals surface area contributed by atoms with Crippen molar-refractivity contribution >= 4 is 43.5 Å². The molecule has 0 aliphatic carbocycles. The molecule has 2 heterocycles. The van der Waals surface area contributed by atoms with E-state index in [4.69, 9.17) is 0 Å². The molecule has 0 radical (unpaired) electrons. The summed E-state index contributed by atoms with van der Waals surface area (Å²) in [6.45, 7) is 3.60. The summed E-state index contributed by atoms with van der Waals surface area (Å²) >= 11 is 3.46. The van der Waals surface area contributed by atoms with Gasteiger partial charge in [-0.2, -0.15) is 4.98 Å². The first kappa shape index (κ1) is 19.7. The van der Waals surface area contributed by atoms with Gasteiger partial charge in [-0.25, -0.2) is 17.8 Å². The van der Waals surface area contributed by atoms with Crippen molar-refractivity contribution in [2.24, 2.45) is 0 Å². The van der Waals surface area contributed by atoms with Gasteiger partial charge in [0.1, 0.15) is 6.04 Å². The normalized spacial score (nSPS) is 16.0. The van der Waals surface area contributed by atoms with Crippen LogP contribution in [0.5, 0.6) is 0 Å². The van der Waals surface area contributed by atoms with Crippen LogP contribution in [0, 0.1) is 6.92 Å². The predicted octanol–water partition coefficient (Wildman–Crippen LogP) is 4.17. The van der Waals surface area contributed by atoms with Crippen molar-refractivity contribution in [1.29, 1.82) is 0 Å². The van der Waals surface area contributed by atoms with Crippen LogP contribution in [0.15, 0.2) is 59.1 Å². The Hall–Kier alpha value is -2.65. The highest BCUT2D eigenvalue weighted by molar-refractivity contribution is 9.10. The van der Waals surface area contributed by atoms with Crippen molar-refractivity contribution in [2.45, 2.75) is 19.9 Å². The second-order valence-corrected chi connectivity index (χ2v) is 9.70. The van der Waals surface area contributed by atoms with E-state index in [1.54, 1.807) is 11.6 Å². The number of nitrogens with one attached hydrogen (secondary N) is 2. The Bertz CT molecular complexity index is 1170. The van der Waals surface area contributed by atoms with Gasteiger partial charge >= 0.3 is 0 Å². The second-order valence-electron chi connectivity index (χ2n) is 6.78. The molecule has 2 N–H and O–H groups in total. The lowest BCUT2D eigenvalue weighted by molar-refractivity contribution is 0.599. The minimum atomic E-state index is -3.47. The Morgan fingerprint density at radius 3 is 2.48 bits per heavy atom. The van der Waals surface area contributed by atoms with E-state index in [9.17, 15) is 8.42 Å². The Kier molecular flexibility index (Phi) is 5.18. The minimum absolute atomic E-state index is 0.0475. The third kappa shape index (κ3) is 4.20. The zero-order chi connectivity index (χ0) is 20.6. The van der Waals surface area contributed by atoms with Crippen LogP contribution in [0.2, 0.25) is 0 Å². The summed E-state index contributed by atoms with van der Waals surface area (Å²) in [7, 11) is -3.47. The van der Waals surface area contributed by atoms with Gasteiger partial charge in [-0.1, -0.05) is 57.9 Å². The zero-order valence-electron chi connectivity index (χ0n) is 15.9. The molecule has 0 spiro atoms. The maximum absolute atomic E-state index is 12.0. The van der Waals surface area contributed by atoms with Crippen LogP contribution in [-0.2, 0) is 10.0 Å². The topological polar surface area (TPSA) is 88.9 Å². The summed E-state index contributed by atoms with van der Waals surface area (Å²) in [6, 6.07) is 15.9. The smallest absolute Gasteiger partial charge is 0.257 e. The molecule has 1 aliphatic rings. The summed E-state index contributed by atoms with van der Waals surface area (Å²) in [6.07, 6.45) is 2.06. The number of anilines is 2. The van der Waals surface area contributed by atoms with Crippen LogP contribution in [0.1, 0.15) is 29.7 Å². The quantitative estimate of drug-likeness (QED) is 0.580. The van der Waals surface area contributed by atoms with Gasteiger partial charge in [-0.3, -0.25) is 0 Å². The number of allylic oxidation sites excluding steroid dienone is 1. The van der Waals surface area contributed by atoms with Crippen molar-refractivity contribution in [2.75, 3.05) is 15.8 Å². The van der Waals surface area contributed by atoms with Crippen LogP contribution in [-0.4, -0.2) is 28.9 Å². The Morgan fingerprint density at radius 2 is 1.83 bits per heavy atom. The molecule has 7 nitrogen and oxygen atoms in total. The lowest BCUT2D eigenvalue weighted by Gasteiger charge is -2.24. The van der Waals surface area contributed by atoms with Crippen molar-refractivity contribution in [3.63, 3.8) is 0 Å². The van der Waals surface area contributed by atoms with Crippen molar-refractivity contribution in [1.82, 2.24) is 14.8 Å². The van der Waals surface area contributed by atoms with E-state index >= 15 is 0 Å². The van der Waals surface area contributed by atoms with Crippen molar-refractivity contribution < 1.29 is 8.42 Å². The fraction of sp³-hybridized carbons (Fsp3) is 0.200. The number of fused-ring (bicyclic) bond motifs is 1. The fourth-order valence-electron chi connectivity index (χ4n) is 3.05. The van der Waals surface area contributed by atoms with Gasteiger partial charge in [-0.05, 0) is 43.2 Å². The molecule has 3 aromatic rings. The molecule has 9 heteroatoms. The molecular formula is C20H20BrN5O2S. The SMILES string of the molecule is CCS(=O)(=O)Nc1nc2n(n1)[C@H](c1ccc(C)cc1)C=C(c1ccc(Br)cc1)N2. The van der Waals surface area contributed by atoms with Crippen molar-refractivity contribution in [3.05, 3.63) is 75.8 Å². The van der Waals surface area contributed by atoms with Crippen LogP contribution in [0.25, 0.3) is 5.70 Å². The molecule has 29 heavy (non-hydrogen) atoms. The first-order valence-corrected chi connectivity index (χ1v) is 11.6. The first-order chi connectivity index (χ1) is 13.8. The summed E-state index contributed by atoms with van der Waals surface area (Å²) in [4.78, 5) is 4.37. The van der Waals surface area contributed by atoms with Crippen LogP contribution in [0.4, 0.5) is 11.9 Å². The Morgan fingerprint density at radius 1 is 1.14 bits per heavy atom. The number of halogens is 1. The molecule has 1 atom stereocenters. The highest BCUT2D eigenvalue weighted by Crippen LogP contribution is 2.33. The predicted molar refractivity (Wildman–Crippen MR) is 118 cm³/mol. The lowest BCUT2D eigenvalue weighted by Crippen LogP contribution is -2.20. The van der Waals surface area contributed by atoms with Crippen LogP contribution >= 0.6 is 15.9 Å². The number of aryl methyl sites for hydroxylation is 1. The highest BCUT2D eigenvalue weighted by Gasteiger charge is 2.26. The third-order valence-corrected chi connectivity index (χ3v) is 6.45. The molecule has 1 aliphatic heterocycles. The highest BCUT2D eigenvalue weighted by atomic mass is 79.9. The number of aromatic nitrogens is 3. The molecule has 0 bridgehead atoms. The molecule has 0 saturated carbocycles. The molecular weight excluding hydrogens is 454 g/mol. The van der Waals surface area contributed by atoms with Gasteiger partial charge in [0, 0.05) is 10.2 Å². The Balaban J connectivity index is 1.78. The summed E-state index contributed by atoms with van der Waals surface area (Å²) in [5.74, 6) is 0.482. The monoisotopic (exact) mass is 473 g/mol. The fourth-order valence-corrected chi connectivity index (χ4v) is 3.82. The van der Waals surface area contributed by atoms with Crippen molar-refractivity contribution in [3.8, 4) is 0 Å². The van der Waals surface area contributed by atoms with E-state index < -0.39 is 10.0 Å². The van der Waals surface area contributed by atoms with E-state index in [0.29, 0.717) is 5.95 Å². The lowest BCUT2D eigenvalue weighted by atomic mass is 10.0. The summed E-state index contributed by atoms with van der Waals surface area (Å²) in [5.41, 5.74) is 4.07. The number of hydrogen-bond acceptors (Lipinski definition) is 5. The average Bonchev–Trinajstić information content (AvgIpc) is 3.10. The average molecular weight is 474 g/mol. The maximum atomic E-state index is 12.0. The zero-order valence-corrected chi connectivity index (χ0v) is 18.3. The molecule has 2 aromatic carbocycles. The standard InChI is InChI=1S/C20H20BrN5O2S/c1-3-29(27,28)25-19-23-20-22-17(14-8-10-16(21)11-9-14)12-18(26(20)24-19)15-6-4-13(2)5-7-15/h4-12,18H,3H2,1-2H3,(H2,22,23,24,25)/t18-/m0/s1. The van der Waals surface area contributed by atoms with E-state index in [1.165, 1.54) is 0 Å². The largest absolute Gasteiger partial charge is 0.324 e. The molecule has 1 aromatic heterocycles. The summed E-state index contributed by atoms with van der Waals surface area (Å²) in [5, 5.41) is 7.68. The summed E-state index contributed by atoms with van der Waals surface area (Å²) < 4.78 is 29.0. The van der Waals surface area contributed by atoms with E-state index in [2.05, 4.69) is 42.1 Å². The first-order valence-electron chi connectivity index (χ1n) is 9.13. The van der Waals surface area contributed by atoms with E-state index in [-0.39, 0.29) is 17.7 Å². The Labute approximate surface area is 178 Å². The molecule has 0 unspecified atom stereocenters. The number of hydrogen-bond donors (Lipinski definition) is 2. The molecule has 4 rings (SSSR count). The van der Waals surface area contributed by atoms with Gasteiger partial charge in [0.15, 0.2) is 0 Å². The minimum Gasteiger partial charge on any atom is -0.324 e. The molecule has 0 saturated heterocycles. The van der Waals surface area contributed by atoms with Gasteiger partial charge in [-0.15, -0.1) is 5.10 Å². The van der Waals surface area contributed by atoms with E-state index in [1.807, 2.05) is 55.5 Å². The number of sulfonamides is 1. The molecule has 150 valence electrons.